The molecule has 2 amide bonds. The molecule has 0 aliphatic carbocycles. The molecule has 0 saturated heterocycles. The molecule has 0 saturated carbocycles. The maximum atomic E-state index is 14.4. The lowest BCUT2D eigenvalue weighted by molar-refractivity contribution is -0.123. The molecule has 29 heavy (non-hydrogen) atoms. The molecule has 2 aromatic carbocycles. The molecule has 0 radical (unpaired) electrons. The zero-order valence-corrected chi connectivity index (χ0v) is 16.2. The highest BCUT2D eigenvalue weighted by Crippen LogP contribution is 2.39. The molecule has 2 N–H and O–H groups in total. The predicted molar refractivity (Wildman–Crippen MR) is 107 cm³/mol. The molecule has 0 spiro atoms. The van der Waals surface area contributed by atoms with Gasteiger partial charge >= 0.3 is 0 Å². The van der Waals surface area contributed by atoms with E-state index in [0.717, 1.165) is 0 Å². The summed E-state index contributed by atoms with van der Waals surface area (Å²) in [7, 11) is 1.74. The smallest absolute Gasteiger partial charge is 0.254 e. The van der Waals surface area contributed by atoms with Crippen LogP contribution in [0.25, 0.3) is 0 Å². The lowest BCUT2D eigenvalue weighted by Gasteiger charge is -2.27. The Bertz CT molecular complexity index is 1100. The Morgan fingerprint density at radius 2 is 2.00 bits per heavy atom. The van der Waals surface area contributed by atoms with E-state index in [1.165, 1.54) is 23.1 Å². The maximum absolute atomic E-state index is 14.4. The van der Waals surface area contributed by atoms with E-state index in [1.807, 2.05) is 12.1 Å². The van der Waals surface area contributed by atoms with Gasteiger partial charge in [0.15, 0.2) is 5.15 Å². The third-order valence-electron chi connectivity index (χ3n) is 4.82. The van der Waals surface area contributed by atoms with Crippen molar-refractivity contribution in [2.75, 3.05) is 10.2 Å². The molecule has 0 bridgehead atoms. The average Bonchev–Trinajstić information content (AvgIpc) is 2.89. The van der Waals surface area contributed by atoms with E-state index in [2.05, 4.69) is 15.7 Å². The first-order valence-corrected chi connectivity index (χ1v) is 9.22. The van der Waals surface area contributed by atoms with Gasteiger partial charge in [-0.1, -0.05) is 41.9 Å². The van der Waals surface area contributed by atoms with Crippen LogP contribution in [0.15, 0.2) is 48.5 Å². The van der Waals surface area contributed by atoms with Crippen molar-refractivity contribution in [3.8, 4) is 0 Å². The number of hydrogen-bond acceptors (Lipinski definition) is 4. The van der Waals surface area contributed by atoms with Crippen molar-refractivity contribution in [1.29, 1.82) is 0 Å². The first-order chi connectivity index (χ1) is 14.0. The third-order valence-corrected chi connectivity index (χ3v) is 5.13. The van der Waals surface area contributed by atoms with Crippen LogP contribution in [0, 0.1) is 5.82 Å². The standard InChI is InChI=1S/C20H17ClFN5O2/c1-26-19-13(18(21)25-26)10-27(16-9-5-4-8-15(16)24-19)20(29)17(23-11-28)12-6-2-3-7-14(12)22/h2-9,11,17,24H,10H2,1H3,(H,23,28). The zero-order valence-electron chi connectivity index (χ0n) is 15.4. The molecular formula is C20H17ClFN5O2. The van der Waals surface area contributed by atoms with Crippen molar-refractivity contribution < 1.29 is 14.0 Å². The Hall–Kier alpha value is -3.39. The van der Waals surface area contributed by atoms with Gasteiger partial charge in [-0.2, -0.15) is 5.10 Å². The van der Waals surface area contributed by atoms with Crippen molar-refractivity contribution in [1.82, 2.24) is 15.1 Å². The maximum Gasteiger partial charge on any atom is 0.254 e. The molecule has 1 unspecified atom stereocenters. The number of rotatable bonds is 4. The number of carbonyl (C=O) groups is 2. The number of hydrogen-bond donors (Lipinski definition) is 2. The number of halogens is 2. The van der Waals surface area contributed by atoms with E-state index in [-0.39, 0.29) is 17.3 Å². The average molecular weight is 414 g/mol. The Kier molecular flexibility index (Phi) is 4.94. The number of aryl methyl sites for hydroxylation is 1. The Balaban J connectivity index is 1.83. The fourth-order valence-electron chi connectivity index (χ4n) is 3.44. The molecule has 1 aromatic heterocycles. The highest BCUT2D eigenvalue weighted by Gasteiger charge is 2.33. The van der Waals surface area contributed by atoms with Crippen LogP contribution in [-0.2, 0) is 23.2 Å². The first kappa shape index (κ1) is 18.9. The van der Waals surface area contributed by atoms with E-state index in [9.17, 15) is 14.0 Å². The Morgan fingerprint density at radius 1 is 1.28 bits per heavy atom. The Labute approximate surface area is 171 Å². The summed E-state index contributed by atoms with van der Waals surface area (Å²) in [6.45, 7) is 0.107. The number of para-hydroxylation sites is 2. The van der Waals surface area contributed by atoms with Crippen molar-refractivity contribution in [2.45, 2.75) is 12.6 Å². The van der Waals surface area contributed by atoms with E-state index < -0.39 is 17.8 Å². The summed E-state index contributed by atoms with van der Waals surface area (Å²) in [5.74, 6) is -0.422. The van der Waals surface area contributed by atoms with Gasteiger partial charge in [0, 0.05) is 12.6 Å². The highest BCUT2D eigenvalue weighted by molar-refractivity contribution is 6.30. The van der Waals surface area contributed by atoms with Gasteiger partial charge in [-0.15, -0.1) is 0 Å². The van der Waals surface area contributed by atoms with E-state index in [1.54, 1.807) is 29.9 Å². The molecule has 0 fully saturated rings. The molecule has 3 aromatic rings. The van der Waals surface area contributed by atoms with Crippen LogP contribution < -0.4 is 15.5 Å². The minimum Gasteiger partial charge on any atom is -0.343 e. The number of benzene rings is 2. The summed E-state index contributed by atoms with van der Waals surface area (Å²) in [6, 6.07) is 11.9. The SMILES string of the molecule is Cn1nc(Cl)c2c1Nc1ccccc1N(C(=O)C(NC=O)c1ccccc1F)C2. The summed E-state index contributed by atoms with van der Waals surface area (Å²) < 4.78 is 16.0. The van der Waals surface area contributed by atoms with Crippen LogP contribution in [0.1, 0.15) is 17.2 Å². The van der Waals surface area contributed by atoms with Crippen LogP contribution in [0.3, 0.4) is 0 Å². The van der Waals surface area contributed by atoms with Gasteiger partial charge in [0.25, 0.3) is 5.91 Å². The van der Waals surface area contributed by atoms with Crippen LogP contribution in [0.2, 0.25) is 5.15 Å². The lowest BCUT2D eigenvalue weighted by atomic mass is 10.0. The second kappa shape index (κ2) is 7.56. The minimum atomic E-state index is -1.20. The van der Waals surface area contributed by atoms with Gasteiger partial charge in [0.2, 0.25) is 6.41 Å². The van der Waals surface area contributed by atoms with Crippen molar-refractivity contribution >= 4 is 41.1 Å². The summed E-state index contributed by atoms with van der Waals surface area (Å²) in [6.07, 6.45) is 0.388. The van der Waals surface area contributed by atoms with Crippen LogP contribution in [0.5, 0.6) is 0 Å². The summed E-state index contributed by atoms with van der Waals surface area (Å²) in [5, 5.41) is 10.2. The quantitative estimate of drug-likeness (QED) is 0.643. The van der Waals surface area contributed by atoms with E-state index >= 15 is 0 Å². The Morgan fingerprint density at radius 3 is 2.76 bits per heavy atom. The second-order valence-electron chi connectivity index (χ2n) is 6.55. The first-order valence-electron chi connectivity index (χ1n) is 8.84. The molecule has 1 aliphatic heterocycles. The monoisotopic (exact) mass is 413 g/mol. The van der Waals surface area contributed by atoms with Crippen molar-refractivity contribution in [3.05, 3.63) is 70.6 Å². The largest absolute Gasteiger partial charge is 0.343 e. The molecular weight excluding hydrogens is 397 g/mol. The normalized spacial score (nSPS) is 13.6. The zero-order chi connectivity index (χ0) is 20.5. The summed E-state index contributed by atoms with van der Waals surface area (Å²) in [5.41, 5.74) is 1.95. The third kappa shape index (κ3) is 3.31. The van der Waals surface area contributed by atoms with Gasteiger partial charge in [0.1, 0.15) is 17.7 Å². The summed E-state index contributed by atoms with van der Waals surface area (Å²) >= 11 is 6.29. The minimum absolute atomic E-state index is 0.0804. The van der Waals surface area contributed by atoms with Crippen LogP contribution >= 0.6 is 11.6 Å². The topological polar surface area (TPSA) is 79.3 Å². The fourth-order valence-corrected chi connectivity index (χ4v) is 3.70. The molecule has 148 valence electrons. The van der Waals surface area contributed by atoms with Gasteiger partial charge in [-0.3, -0.25) is 14.3 Å². The number of fused-ring (bicyclic) bond motifs is 2. The van der Waals surface area contributed by atoms with E-state index in [0.29, 0.717) is 29.2 Å². The number of aromatic nitrogens is 2. The van der Waals surface area contributed by atoms with Gasteiger partial charge in [-0.25, -0.2) is 4.39 Å². The molecule has 9 heteroatoms. The lowest BCUT2D eigenvalue weighted by Crippen LogP contribution is -2.40. The van der Waals surface area contributed by atoms with E-state index in [4.69, 9.17) is 11.6 Å². The second-order valence-corrected chi connectivity index (χ2v) is 6.91. The molecule has 4 rings (SSSR count). The predicted octanol–water partition coefficient (Wildman–Crippen LogP) is 3.29. The molecule has 1 atom stereocenters. The number of nitrogens with one attached hydrogen (secondary N) is 2. The number of nitrogens with zero attached hydrogens (tertiary/aromatic N) is 3. The molecule has 1 aliphatic rings. The molecule has 2 heterocycles. The highest BCUT2D eigenvalue weighted by atomic mass is 35.5. The van der Waals surface area contributed by atoms with Crippen molar-refractivity contribution in [2.24, 2.45) is 7.05 Å². The summed E-state index contributed by atoms with van der Waals surface area (Å²) in [4.78, 5) is 26.2. The van der Waals surface area contributed by atoms with Crippen molar-refractivity contribution in [3.63, 3.8) is 0 Å². The number of amides is 2. The van der Waals surface area contributed by atoms with Crippen LogP contribution in [0.4, 0.5) is 21.6 Å². The number of carbonyl (C=O) groups excluding carboxylic acids is 2. The van der Waals surface area contributed by atoms with Crippen LogP contribution in [-0.4, -0.2) is 22.1 Å². The molecule has 7 nitrogen and oxygen atoms in total. The number of anilines is 3. The van der Waals surface area contributed by atoms with Gasteiger partial charge < -0.3 is 15.5 Å². The van der Waals surface area contributed by atoms with Gasteiger partial charge in [-0.05, 0) is 18.2 Å². The van der Waals surface area contributed by atoms with Gasteiger partial charge in [0.05, 0.1) is 23.5 Å². The fraction of sp³-hybridized carbons (Fsp3) is 0.150.